The average molecular weight is 350 g/mol. The van der Waals surface area contributed by atoms with Crippen LogP contribution in [0.4, 0.5) is 11.4 Å². The molecule has 1 N–H and O–H groups in total. The number of nitrogens with zero attached hydrogens (tertiary/aromatic N) is 4. The summed E-state index contributed by atoms with van der Waals surface area (Å²) < 4.78 is 0. The molecule has 0 bridgehead atoms. The first-order valence-corrected chi connectivity index (χ1v) is 7.63. The topological polar surface area (TPSA) is 108 Å². The number of amides is 1. The Hall–Kier alpha value is -3.81. The minimum absolute atomic E-state index is 0.130. The van der Waals surface area contributed by atoms with Crippen LogP contribution < -0.4 is 4.90 Å². The van der Waals surface area contributed by atoms with Gasteiger partial charge >= 0.3 is 0 Å². The van der Waals surface area contributed by atoms with Crippen molar-refractivity contribution in [3.05, 3.63) is 76.4 Å². The Bertz CT molecular complexity index is 965. The van der Waals surface area contributed by atoms with Crippen molar-refractivity contribution in [2.75, 3.05) is 11.4 Å². The Morgan fingerprint density at radius 3 is 2.77 bits per heavy atom. The Morgan fingerprint density at radius 1 is 1.27 bits per heavy atom. The van der Waals surface area contributed by atoms with Gasteiger partial charge in [-0.2, -0.15) is 5.10 Å². The molecule has 8 heteroatoms. The van der Waals surface area contributed by atoms with Crippen molar-refractivity contribution in [2.45, 2.75) is 0 Å². The molecule has 0 aromatic heterocycles. The SMILES string of the molecule is C=CCN1C(=O)/C(=N/N=C/c2cc([N+](=O)[O-])ccc2O)c2ccccc21. The van der Waals surface area contributed by atoms with Gasteiger partial charge in [0.1, 0.15) is 5.75 Å². The monoisotopic (exact) mass is 350 g/mol. The summed E-state index contributed by atoms with van der Waals surface area (Å²) >= 11 is 0. The van der Waals surface area contributed by atoms with Crippen molar-refractivity contribution in [2.24, 2.45) is 10.2 Å². The van der Waals surface area contributed by atoms with E-state index < -0.39 is 4.92 Å². The van der Waals surface area contributed by atoms with Crippen molar-refractivity contribution >= 4 is 29.2 Å². The van der Waals surface area contributed by atoms with Crippen LogP contribution in [0.3, 0.4) is 0 Å². The number of benzene rings is 2. The molecule has 3 rings (SSSR count). The second kappa shape index (κ2) is 6.98. The summed E-state index contributed by atoms with van der Waals surface area (Å²) in [4.78, 5) is 24.3. The maximum absolute atomic E-state index is 12.5. The third-order valence-corrected chi connectivity index (χ3v) is 3.79. The highest BCUT2D eigenvalue weighted by atomic mass is 16.6. The molecule has 1 aliphatic rings. The predicted molar refractivity (Wildman–Crippen MR) is 97.9 cm³/mol. The van der Waals surface area contributed by atoms with Crippen LogP contribution in [-0.2, 0) is 4.79 Å². The van der Waals surface area contributed by atoms with Crippen molar-refractivity contribution < 1.29 is 14.8 Å². The van der Waals surface area contributed by atoms with Crippen LogP contribution in [0.1, 0.15) is 11.1 Å². The fourth-order valence-corrected chi connectivity index (χ4v) is 2.58. The zero-order chi connectivity index (χ0) is 18.7. The van der Waals surface area contributed by atoms with Crippen LogP contribution in [0.15, 0.2) is 65.3 Å². The summed E-state index contributed by atoms with van der Waals surface area (Å²) in [6.07, 6.45) is 2.78. The van der Waals surface area contributed by atoms with Crippen LogP contribution in [0.25, 0.3) is 0 Å². The van der Waals surface area contributed by atoms with Gasteiger partial charge in [0.05, 0.1) is 16.8 Å². The van der Waals surface area contributed by atoms with Crippen LogP contribution >= 0.6 is 0 Å². The molecule has 0 saturated heterocycles. The van der Waals surface area contributed by atoms with Crippen LogP contribution in [0.5, 0.6) is 5.75 Å². The highest BCUT2D eigenvalue weighted by Crippen LogP contribution is 2.29. The number of para-hydroxylation sites is 1. The van der Waals surface area contributed by atoms with Crippen LogP contribution in [0, 0.1) is 10.1 Å². The zero-order valence-corrected chi connectivity index (χ0v) is 13.6. The molecule has 2 aromatic carbocycles. The first kappa shape index (κ1) is 17.0. The van der Waals surface area contributed by atoms with E-state index >= 15 is 0 Å². The highest BCUT2D eigenvalue weighted by Gasteiger charge is 2.32. The fourth-order valence-electron chi connectivity index (χ4n) is 2.58. The molecule has 0 radical (unpaired) electrons. The Balaban J connectivity index is 1.95. The molecule has 0 atom stereocenters. The largest absolute Gasteiger partial charge is 0.507 e. The quantitative estimate of drug-likeness (QED) is 0.387. The van der Waals surface area contributed by atoms with Gasteiger partial charge in [-0.25, -0.2) is 0 Å². The number of non-ortho nitro benzene ring substituents is 1. The third-order valence-electron chi connectivity index (χ3n) is 3.79. The molecule has 8 nitrogen and oxygen atoms in total. The number of carbonyl (C=O) groups is 1. The first-order valence-electron chi connectivity index (χ1n) is 7.63. The van der Waals surface area contributed by atoms with Gasteiger partial charge < -0.3 is 10.0 Å². The molecule has 1 heterocycles. The van der Waals surface area contributed by atoms with Gasteiger partial charge in [-0.3, -0.25) is 14.9 Å². The van der Waals surface area contributed by atoms with Crippen LogP contribution in [-0.4, -0.2) is 34.4 Å². The van der Waals surface area contributed by atoms with E-state index in [2.05, 4.69) is 16.8 Å². The first-order chi connectivity index (χ1) is 12.5. The molecule has 0 fully saturated rings. The Kier molecular flexibility index (Phi) is 4.57. The number of anilines is 1. The summed E-state index contributed by atoms with van der Waals surface area (Å²) in [6, 6.07) is 10.7. The van der Waals surface area contributed by atoms with E-state index in [-0.39, 0.29) is 28.6 Å². The second-order valence-electron chi connectivity index (χ2n) is 5.41. The smallest absolute Gasteiger partial charge is 0.279 e. The molecule has 2 aromatic rings. The van der Waals surface area contributed by atoms with Gasteiger partial charge in [-0.05, 0) is 12.1 Å². The summed E-state index contributed by atoms with van der Waals surface area (Å²) in [5.41, 5.74) is 1.45. The third kappa shape index (κ3) is 3.07. The molecule has 1 aliphatic heterocycles. The number of carbonyl (C=O) groups excluding carboxylic acids is 1. The van der Waals surface area contributed by atoms with Gasteiger partial charge in [-0.15, -0.1) is 11.7 Å². The maximum Gasteiger partial charge on any atom is 0.279 e. The number of phenolic OH excluding ortho intramolecular Hbond substituents is 1. The lowest BCUT2D eigenvalue weighted by Gasteiger charge is -2.13. The molecule has 130 valence electrons. The number of rotatable bonds is 5. The molecular formula is C18H14N4O4. The predicted octanol–water partition coefficient (Wildman–Crippen LogP) is 2.66. The van der Waals surface area contributed by atoms with Gasteiger partial charge in [0.15, 0.2) is 5.71 Å². The van der Waals surface area contributed by atoms with Crippen molar-refractivity contribution in [1.82, 2.24) is 0 Å². The van der Waals surface area contributed by atoms with Gasteiger partial charge in [-0.1, -0.05) is 24.3 Å². The van der Waals surface area contributed by atoms with Crippen molar-refractivity contribution in [1.29, 1.82) is 0 Å². The zero-order valence-electron chi connectivity index (χ0n) is 13.6. The highest BCUT2D eigenvalue weighted by molar-refractivity contribution is 6.54. The molecule has 0 saturated carbocycles. The summed E-state index contributed by atoms with van der Waals surface area (Å²) in [6.45, 7) is 3.98. The van der Waals surface area contributed by atoms with E-state index in [0.717, 1.165) is 0 Å². The maximum atomic E-state index is 12.5. The minimum Gasteiger partial charge on any atom is -0.507 e. The number of aromatic hydroxyl groups is 1. The minimum atomic E-state index is -0.577. The number of hydrogen-bond acceptors (Lipinski definition) is 6. The fraction of sp³-hybridized carbons (Fsp3) is 0.0556. The van der Waals surface area contributed by atoms with E-state index in [1.807, 2.05) is 6.07 Å². The molecule has 26 heavy (non-hydrogen) atoms. The molecular weight excluding hydrogens is 336 g/mol. The Morgan fingerprint density at radius 2 is 2.04 bits per heavy atom. The van der Waals surface area contributed by atoms with Crippen molar-refractivity contribution in [3.8, 4) is 5.75 Å². The van der Waals surface area contributed by atoms with Gasteiger partial charge in [0, 0.05) is 29.8 Å². The van der Waals surface area contributed by atoms with E-state index in [1.165, 1.54) is 29.3 Å². The standard InChI is InChI=1S/C18H14N4O4/c1-2-9-21-15-6-4-3-5-14(15)17(18(21)24)20-19-11-12-10-13(22(25)26)7-8-16(12)23/h2-8,10-11,23H,1,9H2/b19-11+,20-17+. The summed E-state index contributed by atoms with van der Waals surface area (Å²) in [7, 11) is 0. The van der Waals surface area contributed by atoms with Gasteiger partial charge in [0.25, 0.3) is 11.6 Å². The number of fused-ring (bicyclic) bond motifs is 1. The lowest BCUT2D eigenvalue weighted by molar-refractivity contribution is -0.384. The van der Waals surface area contributed by atoms with E-state index in [4.69, 9.17) is 0 Å². The van der Waals surface area contributed by atoms with E-state index in [0.29, 0.717) is 17.8 Å². The molecule has 0 unspecified atom stereocenters. The number of nitro benzene ring substituents is 1. The Labute approximate surface area is 148 Å². The number of nitro groups is 1. The second-order valence-corrected chi connectivity index (χ2v) is 5.41. The van der Waals surface area contributed by atoms with E-state index in [9.17, 15) is 20.0 Å². The molecule has 0 spiro atoms. The number of hydrogen-bond donors (Lipinski definition) is 1. The average Bonchev–Trinajstić information content (AvgIpc) is 2.89. The van der Waals surface area contributed by atoms with Crippen LogP contribution in [0.2, 0.25) is 0 Å². The lowest BCUT2D eigenvalue weighted by atomic mass is 10.1. The molecule has 0 aliphatic carbocycles. The lowest BCUT2D eigenvalue weighted by Crippen LogP contribution is -2.30. The number of phenols is 1. The normalized spacial score (nSPS) is 14.8. The summed E-state index contributed by atoms with van der Waals surface area (Å²) in [5.74, 6) is -0.488. The van der Waals surface area contributed by atoms with E-state index in [1.54, 1.807) is 24.3 Å². The van der Waals surface area contributed by atoms with Gasteiger partial charge in [0.2, 0.25) is 0 Å². The summed E-state index contributed by atoms with van der Waals surface area (Å²) in [5, 5.41) is 28.4. The van der Waals surface area contributed by atoms with Crippen molar-refractivity contribution in [3.63, 3.8) is 0 Å². The molecule has 1 amide bonds.